The van der Waals surface area contributed by atoms with E-state index in [4.69, 9.17) is 5.73 Å². The van der Waals surface area contributed by atoms with Crippen LogP contribution in [-0.2, 0) is 0 Å². The molecule has 4 N–H and O–H groups in total. The number of phenolic OH excluding ortho intramolecular Hbond substituents is 1. The van der Waals surface area contributed by atoms with Crippen molar-refractivity contribution in [3.05, 3.63) is 24.3 Å². The Hall–Kier alpha value is -1.26. The molecule has 1 aromatic rings. The van der Waals surface area contributed by atoms with Crippen LogP contribution >= 0.6 is 0 Å². The first-order valence-electron chi connectivity index (χ1n) is 5.59. The highest BCUT2D eigenvalue weighted by Gasteiger charge is 2.30. The van der Waals surface area contributed by atoms with Crippen molar-refractivity contribution in [1.82, 2.24) is 0 Å². The van der Waals surface area contributed by atoms with Gasteiger partial charge in [-0.05, 0) is 37.1 Å². The summed E-state index contributed by atoms with van der Waals surface area (Å²) in [5, 5.41) is 19.2. The zero-order valence-electron chi connectivity index (χ0n) is 9.26. The molecule has 1 aromatic carbocycles. The van der Waals surface area contributed by atoms with Crippen molar-refractivity contribution in [2.75, 3.05) is 24.5 Å². The van der Waals surface area contributed by atoms with E-state index in [-0.39, 0.29) is 5.75 Å². The summed E-state index contributed by atoms with van der Waals surface area (Å²) in [6.45, 7) is 1.94. The molecule has 0 spiro atoms. The lowest BCUT2D eigenvalue weighted by molar-refractivity contribution is 0.0250. The van der Waals surface area contributed by atoms with Crippen LogP contribution in [0.15, 0.2) is 24.3 Å². The van der Waals surface area contributed by atoms with Gasteiger partial charge in [0, 0.05) is 25.3 Å². The second kappa shape index (κ2) is 4.31. The van der Waals surface area contributed by atoms with Crippen molar-refractivity contribution in [3.63, 3.8) is 0 Å². The fraction of sp³-hybridized carbons (Fsp3) is 0.500. The molecule has 88 valence electrons. The fourth-order valence-corrected chi connectivity index (χ4v) is 2.05. The van der Waals surface area contributed by atoms with E-state index in [2.05, 4.69) is 4.90 Å². The molecular formula is C12H18N2O2. The van der Waals surface area contributed by atoms with Gasteiger partial charge >= 0.3 is 0 Å². The summed E-state index contributed by atoms with van der Waals surface area (Å²) in [7, 11) is 0. The van der Waals surface area contributed by atoms with Crippen LogP contribution in [0, 0.1) is 0 Å². The molecular weight excluding hydrogens is 204 g/mol. The number of benzene rings is 1. The smallest absolute Gasteiger partial charge is 0.115 e. The Morgan fingerprint density at radius 1 is 1.19 bits per heavy atom. The third-order valence-corrected chi connectivity index (χ3v) is 3.29. The number of nitrogens with two attached hydrogens (primary N) is 1. The second-order valence-corrected chi connectivity index (χ2v) is 4.43. The van der Waals surface area contributed by atoms with Gasteiger partial charge in [0.15, 0.2) is 0 Å². The topological polar surface area (TPSA) is 69.7 Å². The van der Waals surface area contributed by atoms with Gasteiger partial charge in [-0.2, -0.15) is 0 Å². The minimum atomic E-state index is -0.687. The summed E-state index contributed by atoms with van der Waals surface area (Å²) in [6, 6.07) is 7.14. The highest BCUT2D eigenvalue weighted by molar-refractivity contribution is 5.49. The van der Waals surface area contributed by atoms with Crippen LogP contribution in [0.5, 0.6) is 5.75 Å². The normalized spacial score (nSPS) is 19.8. The molecule has 1 aliphatic heterocycles. The van der Waals surface area contributed by atoms with Crippen molar-refractivity contribution >= 4 is 5.69 Å². The number of anilines is 1. The Morgan fingerprint density at radius 2 is 1.75 bits per heavy atom. The second-order valence-electron chi connectivity index (χ2n) is 4.43. The molecule has 0 radical (unpaired) electrons. The van der Waals surface area contributed by atoms with Gasteiger partial charge in [-0.1, -0.05) is 0 Å². The quantitative estimate of drug-likeness (QED) is 0.688. The molecule has 4 heteroatoms. The van der Waals surface area contributed by atoms with Gasteiger partial charge in [0.2, 0.25) is 0 Å². The zero-order chi connectivity index (χ0) is 11.6. The minimum absolute atomic E-state index is 0.277. The molecule has 16 heavy (non-hydrogen) atoms. The maximum absolute atomic E-state index is 10.00. The predicted octanol–water partition coefficient (Wildman–Crippen LogP) is 0.682. The average molecular weight is 222 g/mol. The molecule has 0 aromatic heterocycles. The van der Waals surface area contributed by atoms with E-state index < -0.39 is 5.60 Å². The lowest BCUT2D eigenvalue weighted by Gasteiger charge is -2.38. The van der Waals surface area contributed by atoms with Crippen molar-refractivity contribution < 1.29 is 10.2 Å². The maximum atomic E-state index is 10.00. The number of rotatable bonds is 2. The highest BCUT2D eigenvalue weighted by Crippen LogP contribution is 2.26. The van der Waals surface area contributed by atoms with Gasteiger partial charge in [-0.15, -0.1) is 0 Å². The van der Waals surface area contributed by atoms with Crippen molar-refractivity contribution in [2.24, 2.45) is 5.73 Å². The first kappa shape index (κ1) is 11.2. The van der Waals surface area contributed by atoms with Gasteiger partial charge < -0.3 is 20.8 Å². The monoisotopic (exact) mass is 222 g/mol. The largest absolute Gasteiger partial charge is 0.508 e. The van der Waals surface area contributed by atoms with Gasteiger partial charge in [0.1, 0.15) is 5.75 Å². The molecule has 0 aliphatic carbocycles. The van der Waals surface area contributed by atoms with E-state index in [1.807, 2.05) is 12.1 Å². The molecule has 2 rings (SSSR count). The van der Waals surface area contributed by atoms with Crippen LogP contribution in [-0.4, -0.2) is 35.4 Å². The van der Waals surface area contributed by atoms with Crippen LogP contribution in [0.4, 0.5) is 5.69 Å². The summed E-state index contributed by atoms with van der Waals surface area (Å²) in [5.41, 5.74) is 5.93. The van der Waals surface area contributed by atoms with Crippen molar-refractivity contribution in [3.8, 4) is 5.75 Å². The number of hydrogen-bond donors (Lipinski definition) is 3. The standard InChI is InChI=1S/C12H18N2O2/c13-9-12(16)5-7-14(8-6-12)10-1-3-11(15)4-2-10/h1-4,15-16H,5-9,13H2. The Morgan fingerprint density at radius 3 is 2.25 bits per heavy atom. The van der Waals surface area contributed by atoms with Crippen LogP contribution in [0.2, 0.25) is 0 Å². The summed E-state index contributed by atoms with van der Waals surface area (Å²) >= 11 is 0. The number of hydrogen-bond acceptors (Lipinski definition) is 4. The van der Waals surface area contributed by atoms with E-state index in [0.717, 1.165) is 18.8 Å². The maximum Gasteiger partial charge on any atom is 0.115 e. The molecule has 0 unspecified atom stereocenters. The fourth-order valence-electron chi connectivity index (χ4n) is 2.05. The molecule has 1 fully saturated rings. The minimum Gasteiger partial charge on any atom is -0.508 e. The first-order valence-corrected chi connectivity index (χ1v) is 5.59. The van der Waals surface area contributed by atoms with Crippen molar-refractivity contribution in [2.45, 2.75) is 18.4 Å². The van der Waals surface area contributed by atoms with E-state index in [1.54, 1.807) is 12.1 Å². The van der Waals surface area contributed by atoms with Gasteiger partial charge in [0.05, 0.1) is 5.60 Å². The zero-order valence-corrected chi connectivity index (χ0v) is 9.26. The predicted molar refractivity (Wildman–Crippen MR) is 63.6 cm³/mol. The molecule has 1 aliphatic rings. The van der Waals surface area contributed by atoms with Gasteiger partial charge in [-0.25, -0.2) is 0 Å². The Bertz CT molecular complexity index is 343. The van der Waals surface area contributed by atoms with Crippen molar-refractivity contribution in [1.29, 1.82) is 0 Å². The van der Waals surface area contributed by atoms with E-state index >= 15 is 0 Å². The van der Waals surface area contributed by atoms with Crippen LogP contribution in [0.25, 0.3) is 0 Å². The van der Waals surface area contributed by atoms with Gasteiger partial charge in [-0.3, -0.25) is 0 Å². The number of aromatic hydroxyl groups is 1. The first-order chi connectivity index (χ1) is 7.63. The third-order valence-electron chi connectivity index (χ3n) is 3.29. The molecule has 1 saturated heterocycles. The summed E-state index contributed by atoms with van der Waals surface area (Å²) in [5.74, 6) is 0.277. The Labute approximate surface area is 95.3 Å². The van der Waals surface area contributed by atoms with E-state index in [0.29, 0.717) is 19.4 Å². The molecule has 0 amide bonds. The summed E-state index contributed by atoms with van der Waals surface area (Å²) in [6.07, 6.45) is 1.40. The van der Waals surface area contributed by atoms with Crippen LogP contribution in [0.1, 0.15) is 12.8 Å². The van der Waals surface area contributed by atoms with Crippen LogP contribution < -0.4 is 10.6 Å². The molecule has 4 nitrogen and oxygen atoms in total. The molecule has 1 heterocycles. The third kappa shape index (κ3) is 2.28. The number of nitrogens with zero attached hydrogens (tertiary/aromatic N) is 1. The number of piperidine rings is 1. The highest BCUT2D eigenvalue weighted by atomic mass is 16.3. The van der Waals surface area contributed by atoms with Crippen LogP contribution in [0.3, 0.4) is 0 Å². The number of phenols is 1. The molecule has 0 atom stereocenters. The number of aliphatic hydroxyl groups is 1. The van der Waals surface area contributed by atoms with Gasteiger partial charge in [0.25, 0.3) is 0 Å². The molecule has 0 saturated carbocycles. The average Bonchev–Trinajstić information content (AvgIpc) is 2.32. The Balaban J connectivity index is 2.01. The van der Waals surface area contributed by atoms with E-state index in [9.17, 15) is 10.2 Å². The SMILES string of the molecule is NCC1(O)CCN(c2ccc(O)cc2)CC1. The summed E-state index contributed by atoms with van der Waals surface area (Å²) in [4.78, 5) is 2.20. The summed E-state index contributed by atoms with van der Waals surface area (Å²) < 4.78 is 0. The van der Waals surface area contributed by atoms with E-state index in [1.165, 1.54) is 0 Å². The lowest BCUT2D eigenvalue weighted by atomic mass is 9.91. The lowest BCUT2D eigenvalue weighted by Crippen LogP contribution is -2.48. The Kier molecular flexibility index (Phi) is 3.03. The molecule has 0 bridgehead atoms.